The van der Waals surface area contributed by atoms with Crippen LogP contribution in [0.3, 0.4) is 0 Å². The summed E-state index contributed by atoms with van der Waals surface area (Å²) < 4.78 is 0. The van der Waals surface area contributed by atoms with Crippen LogP contribution in [0.5, 0.6) is 0 Å². The number of anilines is 1. The third kappa shape index (κ3) is 2.89. The zero-order chi connectivity index (χ0) is 10.6. The van der Waals surface area contributed by atoms with E-state index in [-0.39, 0.29) is 11.7 Å². The van der Waals surface area contributed by atoms with Crippen LogP contribution in [0.2, 0.25) is 0 Å². The number of hydrogen-bond donors (Lipinski definition) is 1. The van der Waals surface area contributed by atoms with Gasteiger partial charge in [0.25, 0.3) is 0 Å². The topological polar surface area (TPSA) is 43.1 Å². The third-order valence-electron chi connectivity index (χ3n) is 1.90. The highest BCUT2D eigenvalue weighted by Gasteiger charge is 2.04. The highest BCUT2D eigenvalue weighted by Crippen LogP contribution is 2.16. The highest BCUT2D eigenvalue weighted by atomic mass is 35.5. The standard InChI is InChI=1S/C10H11Cl2NO/c11-5-8-3-7(1-2-10(8)13)4-9(14)6-12/h1-3H,4-6,13H2. The molecular formula is C10H11Cl2NO. The van der Waals surface area contributed by atoms with Crippen LogP contribution in [-0.2, 0) is 17.1 Å². The van der Waals surface area contributed by atoms with E-state index in [1.165, 1.54) is 0 Å². The fourth-order valence-corrected chi connectivity index (χ4v) is 1.49. The van der Waals surface area contributed by atoms with Crippen LogP contribution in [0.15, 0.2) is 18.2 Å². The van der Waals surface area contributed by atoms with Gasteiger partial charge in [0.05, 0.1) is 5.88 Å². The largest absolute Gasteiger partial charge is 0.398 e. The number of halogens is 2. The Balaban J connectivity index is 2.84. The molecule has 4 heteroatoms. The van der Waals surface area contributed by atoms with Gasteiger partial charge in [0.2, 0.25) is 0 Å². The van der Waals surface area contributed by atoms with Crippen molar-refractivity contribution in [2.45, 2.75) is 12.3 Å². The minimum absolute atomic E-state index is 0.00281. The molecule has 0 saturated carbocycles. The fraction of sp³-hybridized carbons (Fsp3) is 0.300. The number of benzene rings is 1. The molecule has 2 N–H and O–H groups in total. The molecule has 0 fully saturated rings. The normalized spacial score (nSPS) is 10.1. The van der Waals surface area contributed by atoms with E-state index in [9.17, 15) is 4.79 Å². The molecule has 1 aromatic rings. The van der Waals surface area contributed by atoms with E-state index in [0.29, 0.717) is 18.0 Å². The summed E-state index contributed by atoms with van der Waals surface area (Å²) in [6.07, 6.45) is 0.341. The van der Waals surface area contributed by atoms with Gasteiger partial charge in [-0.3, -0.25) is 4.79 Å². The van der Waals surface area contributed by atoms with Crippen LogP contribution in [-0.4, -0.2) is 11.7 Å². The second kappa shape index (κ2) is 5.23. The number of carbonyl (C=O) groups is 1. The van der Waals surface area contributed by atoms with Crippen molar-refractivity contribution in [2.24, 2.45) is 0 Å². The maximum atomic E-state index is 11.1. The van der Waals surface area contributed by atoms with Gasteiger partial charge < -0.3 is 5.73 Å². The van der Waals surface area contributed by atoms with E-state index in [1.807, 2.05) is 12.1 Å². The van der Waals surface area contributed by atoms with Crippen molar-refractivity contribution in [3.05, 3.63) is 29.3 Å². The van der Waals surface area contributed by atoms with E-state index in [4.69, 9.17) is 28.9 Å². The van der Waals surface area contributed by atoms with Crippen LogP contribution >= 0.6 is 23.2 Å². The lowest BCUT2D eigenvalue weighted by molar-refractivity contribution is -0.116. The number of hydrogen-bond acceptors (Lipinski definition) is 2. The van der Waals surface area contributed by atoms with Gasteiger partial charge >= 0.3 is 0 Å². The Hall–Kier alpha value is -0.730. The first-order chi connectivity index (χ1) is 6.67. The Morgan fingerprint density at radius 1 is 1.36 bits per heavy atom. The predicted octanol–water partition coefficient (Wildman–Crippen LogP) is 2.36. The van der Waals surface area contributed by atoms with Gasteiger partial charge in [0, 0.05) is 18.0 Å². The van der Waals surface area contributed by atoms with Crippen molar-refractivity contribution < 1.29 is 4.79 Å². The summed E-state index contributed by atoms with van der Waals surface area (Å²) in [5.41, 5.74) is 8.08. The predicted molar refractivity (Wildman–Crippen MR) is 59.8 cm³/mol. The number of nitrogen functional groups attached to an aromatic ring is 1. The van der Waals surface area contributed by atoms with Gasteiger partial charge in [0.1, 0.15) is 0 Å². The lowest BCUT2D eigenvalue weighted by atomic mass is 10.1. The fourth-order valence-electron chi connectivity index (χ4n) is 1.16. The van der Waals surface area contributed by atoms with Gasteiger partial charge in [-0.05, 0) is 17.2 Å². The second-order valence-electron chi connectivity index (χ2n) is 3.02. The molecule has 76 valence electrons. The Labute approximate surface area is 93.0 Å². The van der Waals surface area contributed by atoms with Crippen molar-refractivity contribution in [2.75, 3.05) is 11.6 Å². The number of ketones is 1. The second-order valence-corrected chi connectivity index (χ2v) is 3.55. The van der Waals surface area contributed by atoms with E-state index >= 15 is 0 Å². The quantitative estimate of drug-likeness (QED) is 0.639. The molecule has 0 heterocycles. The van der Waals surface area contributed by atoms with E-state index in [0.717, 1.165) is 11.1 Å². The van der Waals surface area contributed by atoms with Crippen LogP contribution in [0, 0.1) is 0 Å². The smallest absolute Gasteiger partial charge is 0.151 e. The van der Waals surface area contributed by atoms with Crippen molar-refractivity contribution in [1.29, 1.82) is 0 Å². The summed E-state index contributed by atoms with van der Waals surface area (Å²) >= 11 is 11.1. The molecule has 0 spiro atoms. The van der Waals surface area contributed by atoms with Gasteiger partial charge in [0.15, 0.2) is 5.78 Å². The Bertz CT molecular complexity index is 339. The Morgan fingerprint density at radius 3 is 2.64 bits per heavy atom. The average molecular weight is 232 g/mol. The van der Waals surface area contributed by atoms with Gasteiger partial charge in [-0.2, -0.15) is 0 Å². The lowest BCUT2D eigenvalue weighted by Gasteiger charge is -2.04. The van der Waals surface area contributed by atoms with Gasteiger partial charge in [-0.25, -0.2) is 0 Å². The van der Waals surface area contributed by atoms with Crippen molar-refractivity contribution >= 4 is 34.7 Å². The SMILES string of the molecule is Nc1ccc(CC(=O)CCl)cc1CCl. The monoisotopic (exact) mass is 231 g/mol. The zero-order valence-electron chi connectivity index (χ0n) is 7.59. The van der Waals surface area contributed by atoms with E-state index < -0.39 is 0 Å². The first-order valence-corrected chi connectivity index (χ1v) is 5.25. The van der Waals surface area contributed by atoms with Gasteiger partial charge in [-0.15, -0.1) is 23.2 Å². The molecule has 0 unspecified atom stereocenters. The number of nitrogens with two attached hydrogens (primary N) is 1. The van der Waals surface area contributed by atoms with Crippen LogP contribution < -0.4 is 5.73 Å². The summed E-state index contributed by atoms with van der Waals surface area (Å²) in [5, 5.41) is 0. The zero-order valence-corrected chi connectivity index (χ0v) is 9.11. The summed E-state index contributed by atoms with van der Waals surface area (Å²) in [6.45, 7) is 0. The number of rotatable bonds is 4. The maximum absolute atomic E-state index is 11.1. The summed E-state index contributed by atoms with van der Waals surface area (Å²) in [4.78, 5) is 11.1. The number of alkyl halides is 2. The molecule has 2 nitrogen and oxygen atoms in total. The summed E-state index contributed by atoms with van der Waals surface area (Å²) in [5.74, 6) is 0.395. The van der Waals surface area contributed by atoms with E-state index in [1.54, 1.807) is 6.07 Å². The minimum atomic E-state index is -0.00281. The number of Topliss-reactive ketones (excluding diaryl/α,β-unsaturated/α-hetero) is 1. The first kappa shape index (κ1) is 11.3. The molecule has 1 rings (SSSR count). The molecule has 0 aromatic heterocycles. The summed E-state index contributed by atoms with van der Waals surface area (Å²) in [6, 6.07) is 5.41. The molecule has 0 saturated heterocycles. The average Bonchev–Trinajstić information content (AvgIpc) is 2.20. The molecule has 0 atom stereocenters. The van der Waals surface area contributed by atoms with E-state index in [2.05, 4.69) is 0 Å². The van der Waals surface area contributed by atoms with Crippen molar-refractivity contribution in [3.8, 4) is 0 Å². The van der Waals surface area contributed by atoms with Crippen LogP contribution in [0.4, 0.5) is 5.69 Å². The van der Waals surface area contributed by atoms with Crippen LogP contribution in [0.1, 0.15) is 11.1 Å². The molecule has 0 bridgehead atoms. The third-order valence-corrected chi connectivity index (χ3v) is 2.49. The molecule has 14 heavy (non-hydrogen) atoms. The maximum Gasteiger partial charge on any atom is 0.151 e. The molecular weight excluding hydrogens is 221 g/mol. The highest BCUT2D eigenvalue weighted by molar-refractivity contribution is 6.27. The Morgan fingerprint density at radius 2 is 2.07 bits per heavy atom. The Kier molecular flexibility index (Phi) is 4.23. The minimum Gasteiger partial charge on any atom is -0.398 e. The molecule has 0 aliphatic carbocycles. The molecule has 0 aliphatic heterocycles. The van der Waals surface area contributed by atoms with Crippen molar-refractivity contribution in [1.82, 2.24) is 0 Å². The molecule has 0 aliphatic rings. The summed E-state index contributed by atoms with van der Waals surface area (Å²) in [7, 11) is 0. The van der Waals surface area contributed by atoms with Gasteiger partial charge in [-0.1, -0.05) is 12.1 Å². The molecule has 0 radical (unpaired) electrons. The van der Waals surface area contributed by atoms with Crippen molar-refractivity contribution in [3.63, 3.8) is 0 Å². The first-order valence-electron chi connectivity index (χ1n) is 4.18. The molecule has 0 amide bonds. The lowest BCUT2D eigenvalue weighted by Crippen LogP contribution is -2.04. The number of carbonyl (C=O) groups excluding carboxylic acids is 1. The van der Waals surface area contributed by atoms with Crippen LogP contribution in [0.25, 0.3) is 0 Å². The molecule has 1 aromatic carbocycles.